The normalized spacial score (nSPS) is 16.6. The van der Waals surface area contributed by atoms with Crippen LogP contribution in [0.1, 0.15) is 32.5 Å². The molecule has 1 aliphatic heterocycles. The Kier molecular flexibility index (Phi) is 4.96. The van der Waals surface area contributed by atoms with Crippen LogP contribution in [0.5, 0.6) is 0 Å². The topological polar surface area (TPSA) is 61.9 Å². The molecule has 106 valence electrons. The smallest absolute Gasteiger partial charge is 0.131 e. The van der Waals surface area contributed by atoms with Gasteiger partial charge < -0.3 is 16.0 Å². The van der Waals surface area contributed by atoms with Crippen molar-refractivity contribution in [3.63, 3.8) is 0 Å². The van der Waals surface area contributed by atoms with Gasteiger partial charge in [0.25, 0.3) is 0 Å². The van der Waals surface area contributed by atoms with Crippen molar-refractivity contribution < 1.29 is 0 Å². The lowest BCUT2D eigenvalue weighted by molar-refractivity contribution is 0.389. The van der Waals surface area contributed by atoms with E-state index in [2.05, 4.69) is 39.8 Å². The molecule has 0 bridgehead atoms. The average Bonchev–Trinajstić information content (AvgIpc) is 2.36. The maximum atomic E-state index is 4.45. The number of nitrogens with zero attached hydrogens (tertiary/aromatic N) is 2. The Balaban J connectivity index is 1.93. The van der Waals surface area contributed by atoms with E-state index in [0.29, 0.717) is 6.04 Å². The van der Waals surface area contributed by atoms with Gasteiger partial charge in [-0.05, 0) is 52.6 Å². The molecule has 1 aliphatic rings. The molecule has 2 rings (SSSR count). The zero-order chi connectivity index (χ0) is 13.7. The molecule has 1 aromatic heterocycles. The summed E-state index contributed by atoms with van der Waals surface area (Å²) >= 11 is 0. The maximum absolute atomic E-state index is 4.45. The van der Waals surface area contributed by atoms with Crippen LogP contribution in [0.4, 0.5) is 11.6 Å². The Morgan fingerprint density at radius 3 is 2.63 bits per heavy atom. The lowest BCUT2D eigenvalue weighted by atomic mass is 9.98. The van der Waals surface area contributed by atoms with Crippen LogP contribution in [0.15, 0.2) is 6.07 Å². The van der Waals surface area contributed by atoms with E-state index in [1.807, 2.05) is 13.0 Å². The second-order valence-corrected chi connectivity index (χ2v) is 5.56. The molecule has 2 heterocycles. The highest BCUT2D eigenvalue weighted by molar-refractivity contribution is 5.47. The fraction of sp³-hybridized carbons (Fsp3) is 0.714. The van der Waals surface area contributed by atoms with Crippen molar-refractivity contribution in [2.24, 2.45) is 5.92 Å². The zero-order valence-electron chi connectivity index (χ0n) is 12.2. The molecule has 5 heteroatoms. The second-order valence-electron chi connectivity index (χ2n) is 5.56. The fourth-order valence-corrected chi connectivity index (χ4v) is 2.36. The van der Waals surface area contributed by atoms with Crippen LogP contribution >= 0.6 is 0 Å². The minimum atomic E-state index is 0.381. The number of anilines is 2. The SMILES string of the molecule is Cc1nc(NCC2CCNCC2)cc(NC(C)C)n1. The standard InChI is InChI=1S/C14H25N5/c1-10(2)17-14-8-13(18-11(3)19-14)16-9-12-4-6-15-7-5-12/h8,10,12,15H,4-7,9H2,1-3H3,(H2,16,17,18,19). The van der Waals surface area contributed by atoms with E-state index >= 15 is 0 Å². The lowest BCUT2D eigenvalue weighted by Gasteiger charge is -2.23. The highest BCUT2D eigenvalue weighted by Crippen LogP contribution is 2.15. The molecule has 5 nitrogen and oxygen atoms in total. The molecular formula is C14H25N5. The van der Waals surface area contributed by atoms with Crippen LogP contribution < -0.4 is 16.0 Å². The van der Waals surface area contributed by atoms with Gasteiger partial charge in [0.05, 0.1) is 0 Å². The monoisotopic (exact) mass is 263 g/mol. The van der Waals surface area contributed by atoms with Gasteiger partial charge in [-0.1, -0.05) is 0 Å². The van der Waals surface area contributed by atoms with Gasteiger partial charge in [0.15, 0.2) is 0 Å². The third-order valence-electron chi connectivity index (χ3n) is 3.31. The number of hydrogen-bond donors (Lipinski definition) is 3. The van der Waals surface area contributed by atoms with E-state index < -0.39 is 0 Å². The largest absolute Gasteiger partial charge is 0.370 e. The highest BCUT2D eigenvalue weighted by Gasteiger charge is 2.13. The first-order valence-corrected chi connectivity index (χ1v) is 7.20. The van der Waals surface area contributed by atoms with Crippen molar-refractivity contribution >= 4 is 11.6 Å². The minimum Gasteiger partial charge on any atom is -0.370 e. The summed E-state index contributed by atoms with van der Waals surface area (Å²) in [6.45, 7) is 9.42. The van der Waals surface area contributed by atoms with Crippen LogP contribution in [-0.4, -0.2) is 35.6 Å². The molecular weight excluding hydrogens is 238 g/mol. The molecule has 0 spiro atoms. The molecule has 1 aromatic rings. The van der Waals surface area contributed by atoms with Crippen molar-refractivity contribution in [2.75, 3.05) is 30.3 Å². The summed E-state index contributed by atoms with van der Waals surface area (Å²) in [4.78, 5) is 8.84. The van der Waals surface area contributed by atoms with Crippen molar-refractivity contribution in [1.82, 2.24) is 15.3 Å². The summed E-state index contributed by atoms with van der Waals surface area (Å²) in [6.07, 6.45) is 2.49. The van der Waals surface area contributed by atoms with E-state index in [4.69, 9.17) is 0 Å². The van der Waals surface area contributed by atoms with Gasteiger partial charge in [-0.3, -0.25) is 0 Å². The molecule has 1 saturated heterocycles. The Bertz CT molecular complexity index is 399. The number of piperidine rings is 1. The second kappa shape index (κ2) is 6.70. The van der Waals surface area contributed by atoms with Crippen molar-refractivity contribution in [1.29, 1.82) is 0 Å². The Hall–Kier alpha value is -1.36. The van der Waals surface area contributed by atoms with Crippen molar-refractivity contribution in [2.45, 2.75) is 39.7 Å². The molecule has 3 N–H and O–H groups in total. The molecule has 0 atom stereocenters. The molecule has 19 heavy (non-hydrogen) atoms. The number of hydrogen-bond acceptors (Lipinski definition) is 5. The van der Waals surface area contributed by atoms with Crippen LogP contribution in [0.3, 0.4) is 0 Å². The molecule has 0 saturated carbocycles. The summed E-state index contributed by atoms with van der Waals surface area (Å²) in [5.41, 5.74) is 0. The lowest BCUT2D eigenvalue weighted by Crippen LogP contribution is -2.31. The first kappa shape index (κ1) is 14.1. The van der Waals surface area contributed by atoms with E-state index in [9.17, 15) is 0 Å². The Morgan fingerprint density at radius 2 is 1.95 bits per heavy atom. The molecule has 0 amide bonds. The van der Waals surface area contributed by atoms with E-state index in [-0.39, 0.29) is 0 Å². The Labute approximate surface area is 115 Å². The third kappa shape index (κ3) is 4.67. The van der Waals surface area contributed by atoms with Crippen LogP contribution in [0, 0.1) is 12.8 Å². The number of rotatable bonds is 5. The number of aryl methyl sites for hydroxylation is 1. The van der Waals surface area contributed by atoms with Crippen molar-refractivity contribution in [3.8, 4) is 0 Å². The highest BCUT2D eigenvalue weighted by atomic mass is 15.1. The number of nitrogens with one attached hydrogen (secondary N) is 3. The Morgan fingerprint density at radius 1 is 1.26 bits per heavy atom. The first-order valence-electron chi connectivity index (χ1n) is 7.20. The van der Waals surface area contributed by atoms with Gasteiger partial charge in [-0.15, -0.1) is 0 Å². The summed E-state index contributed by atoms with van der Waals surface area (Å²) in [6, 6.07) is 2.38. The van der Waals surface area contributed by atoms with E-state index in [1.165, 1.54) is 12.8 Å². The minimum absolute atomic E-state index is 0.381. The third-order valence-corrected chi connectivity index (χ3v) is 3.31. The van der Waals surface area contributed by atoms with Gasteiger partial charge in [0.2, 0.25) is 0 Å². The molecule has 0 unspecified atom stereocenters. The van der Waals surface area contributed by atoms with Gasteiger partial charge in [0.1, 0.15) is 17.5 Å². The molecule has 0 aliphatic carbocycles. The quantitative estimate of drug-likeness (QED) is 0.758. The number of aromatic nitrogens is 2. The summed E-state index contributed by atoms with van der Waals surface area (Å²) in [7, 11) is 0. The summed E-state index contributed by atoms with van der Waals surface area (Å²) in [5.74, 6) is 3.38. The van der Waals surface area contributed by atoms with Gasteiger partial charge in [-0.25, -0.2) is 9.97 Å². The van der Waals surface area contributed by atoms with Gasteiger partial charge in [0, 0.05) is 18.7 Å². The first-order chi connectivity index (χ1) is 9.13. The summed E-state index contributed by atoms with van der Waals surface area (Å²) < 4.78 is 0. The zero-order valence-corrected chi connectivity index (χ0v) is 12.2. The maximum Gasteiger partial charge on any atom is 0.131 e. The predicted molar refractivity (Wildman–Crippen MR) is 79.6 cm³/mol. The molecule has 0 radical (unpaired) electrons. The average molecular weight is 263 g/mol. The van der Waals surface area contributed by atoms with E-state index in [1.54, 1.807) is 0 Å². The van der Waals surface area contributed by atoms with Gasteiger partial charge >= 0.3 is 0 Å². The molecule has 0 aromatic carbocycles. The van der Waals surface area contributed by atoms with Crippen molar-refractivity contribution in [3.05, 3.63) is 11.9 Å². The fourth-order valence-electron chi connectivity index (χ4n) is 2.36. The van der Waals surface area contributed by atoms with Crippen LogP contribution in [0.2, 0.25) is 0 Å². The summed E-state index contributed by atoms with van der Waals surface area (Å²) in [5, 5.41) is 10.2. The van der Waals surface area contributed by atoms with Crippen LogP contribution in [-0.2, 0) is 0 Å². The van der Waals surface area contributed by atoms with E-state index in [0.717, 1.165) is 43.0 Å². The molecule has 1 fully saturated rings. The van der Waals surface area contributed by atoms with Crippen LogP contribution in [0.25, 0.3) is 0 Å². The predicted octanol–water partition coefficient (Wildman–Crippen LogP) is 2.02. The van der Waals surface area contributed by atoms with Gasteiger partial charge in [-0.2, -0.15) is 0 Å².